The van der Waals surface area contributed by atoms with Crippen molar-refractivity contribution in [2.75, 3.05) is 11.9 Å². The lowest BCUT2D eigenvalue weighted by atomic mass is 10.0. The zero-order valence-electron chi connectivity index (χ0n) is 14.4. The maximum Gasteiger partial charge on any atom is 0.319 e. The summed E-state index contributed by atoms with van der Waals surface area (Å²) >= 11 is 0. The Hall–Kier alpha value is -2.37. The zero-order valence-corrected chi connectivity index (χ0v) is 14.4. The van der Waals surface area contributed by atoms with Crippen molar-refractivity contribution < 1.29 is 9.90 Å². The molecule has 0 bridgehead atoms. The Kier molecular flexibility index (Phi) is 5.68. The van der Waals surface area contributed by atoms with Gasteiger partial charge in [-0.05, 0) is 43.0 Å². The van der Waals surface area contributed by atoms with E-state index in [1.165, 1.54) is 0 Å². The van der Waals surface area contributed by atoms with Crippen LogP contribution in [0, 0.1) is 0 Å². The molecule has 0 saturated heterocycles. The molecule has 5 nitrogen and oxygen atoms in total. The molecule has 1 aliphatic rings. The molecule has 0 aliphatic heterocycles. The molecule has 5 heteroatoms. The van der Waals surface area contributed by atoms with E-state index in [0.29, 0.717) is 6.04 Å². The van der Waals surface area contributed by atoms with Gasteiger partial charge in [0.15, 0.2) is 0 Å². The van der Waals surface area contributed by atoms with E-state index < -0.39 is 0 Å². The number of benzene rings is 2. The highest BCUT2D eigenvalue weighted by Crippen LogP contribution is 2.22. The first-order valence-corrected chi connectivity index (χ1v) is 8.75. The normalized spacial score (nSPS) is 16.1. The molecule has 3 rings (SSSR count). The number of anilines is 1. The summed E-state index contributed by atoms with van der Waals surface area (Å²) in [6.45, 7) is 2.10. The van der Waals surface area contributed by atoms with Gasteiger partial charge in [0.25, 0.3) is 0 Å². The Morgan fingerprint density at radius 2 is 1.76 bits per heavy atom. The van der Waals surface area contributed by atoms with Gasteiger partial charge in [-0.15, -0.1) is 0 Å². The van der Waals surface area contributed by atoms with Gasteiger partial charge in [0.05, 0.1) is 12.6 Å². The van der Waals surface area contributed by atoms with Crippen LogP contribution in [-0.4, -0.2) is 23.8 Å². The number of carbonyl (C=O) groups is 1. The summed E-state index contributed by atoms with van der Waals surface area (Å²) in [5, 5.41) is 18.9. The van der Waals surface area contributed by atoms with Crippen LogP contribution in [0.15, 0.2) is 54.6 Å². The highest BCUT2D eigenvalue weighted by molar-refractivity contribution is 5.89. The second-order valence-corrected chi connectivity index (χ2v) is 6.53. The SMILES string of the molecule is CC(NC(CO)c1ccccc1)c1ccc(NC(=O)NC2CC2)cc1. The molecule has 132 valence electrons. The second kappa shape index (κ2) is 8.14. The highest BCUT2D eigenvalue weighted by atomic mass is 16.3. The van der Waals surface area contributed by atoms with Crippen LogP contribution < -0.4 is 16.0 Å². The van der Waals surface area contributed by atoms with Crippen LogP contribution in [0.4, 0.5) is 10.5 Å². The summed E-state index contributed by atoms with van der Waals surface area (Å²) in [5.74, 6) is 0. The number of aliphatic hydroxyl groups excluding tert-OH is 1. The Morgan fingerprint density at radius 1 is 1.08 bits per heavy atom. The molecule has 4 N–H and O–H groups in total. The molecule has 2 unspecified atom stereocenters. The first kappa shape index (κ1) is 17.5. The van der Waals surface area contributed by atoms with E-state index in [0.717, 1.165) is 29.7 Å². The van der Waals surface area contributed by atoms with Crippen LogP contribution in [0.25, 0.3) is 0 Å². The topological polar surface area (TPSA) is 73.4 Å². The Labute approximate surface area is 148 Å². The molecule has 2 aromatic rings. The van der Waals surface area contributed by atoms with Crippen molar-refractivity contribution in [2.45, 2.75) is 37.9 Å². The van der Waals surface area contributed by atoms with Crippen molar-refractivity contribution in [1.82, 2.24) is 10.6 Å². The van der Waals surface area contributed by atoms with Gasteiger partial charge in [0, 0.05) is 17.8 Å². The molecule has 0 radical (unpaired) electrons. The summed E-state index contributed by atoms with van der Waals surface area (Å²) in [7, 11) is 0. The molecular formula is C20H25N3O2. The maximum atomic E-state index is 11.8. The number of amides is 2. The van der Waals surface area contributed by atoms with Crippen molar-refractivity contribution in [1.29, 1.82) is 0 Å². The lowest BCUT2D eigenvalue weighted by Gasteiger charge is -2.22. The summed E-state index contributed by atoms with van der Waals surface area (Å²) in [5.41, 5.74) is 2.94. The van der Waals surface area contributed by atoms with Crippen LogP contribution in [0.2, 0.25) is 0 Å². The molecule has 0 heterocycles. The average molecular weight is 339 g/mol. The van der Waals surface area contributed by atoms with Gasteiger partial charge in [0.2, 0.25) is 0 Å². The highest BCUT2D eigenvalue weighted by Gasteiger charge is 2.23. The second-order valence-electron chi connectivity index (χ2n) is 6.53. The van der Waals surface area contributed by atoms with Gasteiger partial charge in [0.1, 0.15) is 0 Å². The van der Waals surface area contributed by atoms with E-state index in [-0.39, 0.29) is 24.7 Å². The standard InChI is InChI=1S/C20H25N3O2/c1-14(21-19(13-24)16-5-3-2-4-6-16)15-7-9-17(10-8-15)22-20(25)23-18-11-12-18/h2-10,14,18-19,21,24H,11-13H2,1H3,(H2,22,23,25). The third-order valence-electron chi connectivity index (χ3n) is 4.42. The van der Waals surface area contributed by atoms with Crippen LogP contribution in [0.3, 0.4) is 0 Å². The number of carbonyl (C=O) groups excluding carboxylic acids is 1. The fourth-order valence-corrected chi connectivity index (χ4v) is 2.77. The molecule has 1 aliphatic carbocycles. The number of urea groups is 1. The average Bonchev–Trinajstić information content (AvgIpc) is 3.44. The molecule has 1 fully saturated rings. The maximum absolute atomic E-state index is 11.8. The van der Waals surface area contributed by atoms with Gasteiger partial charge in [-0.2, -0.15) is 0 Å². The Balaban J connectivity index is 1.57. The van der Waals surface area contributed by atoms with E-state index in [9.17, 15) is 9.90 Å². The summed E-state index contributed by atoms with van der Waals surface area (Å²) < 4.78 is 0. The van der Waals surface area contributed by atoms with Gasteiger partial charge < -0.3 is 21.1 Å². The monoisotopic (exact) mass is 339 g/mol. The number of nitrogens with one attached hydrogen (secondary N) is 3. The smallest absolute Gasteiger partial charge is 0.319 e. The fourth-order valence-electron chi connectivity index (χ4n) is 2.77. The molecule has 2 aromatic carbocycles. The van der Waals surface area contributed by atoms with E-state index >= 15 is 0 Å². The molecular weight excluding hydrogens is 314 g/mol. The van der Waals surface area contributed by atoms with Gasteiger partial charge >= 0.3 is 6.03 Å². The lowest BCUT2D eigenvalue weighted by molar-refractivity contribution is 0.235. The molecule has 0 spiro atoms. The first-order chi connectivity index (χ1) is 12.2. The Bertz CT molecular complexity index is 684. The van der Waals surface area contributed by atoms with Crippen molar-refractivity contribution in [3.05, 3.63) is 65.7 Å². The minimum Gasteiger partial charge on any atom is -0.394 e. The summed E-state index contributed by atoms with van der Waals surface area (Å²) in [6, 6.07) is 17.9. The Morgan fingerprint density at radius 3 is 2.36 bits per heavy atom. The van der Waals surface area contributed by atoms with Crippen molar-refractivity contribution >= 4 is 11.7 Å². The lowest BCUT2D eigenvalue weighted by Crippen LogP contribution is -2.30. The van der Waals surface area contributed by atoms with E-state index in [1.54, 1.807) is 0 Å². The number of rotatable bonds is 7. The van der Waals surface area contributed by atoms with Crippen LogP contribution in [0.5, 0.6) is 0 Å². The molecule has 1 saturated carbocycles. The predicted octanol–water partition coefficient (Wildman–Crippen LogP) is 3.35. The fraction of sp³-hybridized carbons (Fsp3) is 0.350. The van der Waals surface area contributed by atoms with E-state index in [1.807, 2.05) is 54.6 Å². The van der Waals surface area contributed by atoms with Crippen molar-refractivity contribution in [3.8, 4) is 0 Å². The summed E-state index contributed by atoms with van der Waals surface area (Å²) in [4.78, 5) is 11.8. The van der Waals surface area contributed by atoms with Gasteiger partial charge in [-0.1, -0.05) is 42.5 Å². The van der Waals surface area contributed by atoms with Crippen molar-refractivity contribution in [2.24, 2.45) is 0 Å². The van der Waals surface area contributed by atoms with Crippen LogP contribution in [-0.2, 0) is 0 Å². The predicted molar refractivity (Wildman–Crippen MR) is 99.4 cm³/mol. The zero-order chi connectivity index (χ0) is 17.6. The molecule has 2 atom stereocenters. The minimum absolute atomic E-state index is 0.0370. The number of hydrogen-bond acceptors (Lipinski definition) is 3. The van der Waals surface area contributed by atoms with E-state index in [4.69, 9.17) is 0 Å². The molecule has 2 amide bonds. The van der Waals surface area contributed by atoms with E-state index in [2.05, 4.69) is 22.9 Å². The largest absolute Gasteiger partial charge is 0.394 e. The van der Waals surface area contributed by atoms with Crippen molar-refractivity contribution in [3.63, 3.8) is 0 Å². The third-order valence-corrected chi connectivity index (χ3v) is 4.42. The molecule has 25 heavy (non-hydrogen) atoms. The minimum atomic E-state index is -0.147. The van der Waals surface area contributed by atoms with Gasteiger partial charge in [-0.3, -0.25) is 0 Å². The van der Waals surface area contributed by atoms with Crippen LogP contribution >= 0.6 is 0 Å². The summed E-state index contributed by atoms with van der Waals surface area (Å²) in [6.07, 6.45) is 2.14. The first-order valence-electron chi connectivity index (χ1n) is 8.75. The molecule has 0 aromatic heterocycles. The van der Waals surface area contributed by atoms with Gasteiger partial charge in [-0.25, -0.2) is 4.79 Å². The van der Waals surface area contributed by atoms with Crippen LogP contribution in [0.1, 0.15) is 43.0 Å². The number of hydrogen-bond donors (Lipinski definition) is 4. The third kappa shape index (κ3) is 5.05. The number of aliphatic hydroxyl groups is 1. The quantitative estimate of drug-likeness (QED) is 0.625.